The van der Waals surface area contributed by atoms with Crippen molar-refractivity contribution >= 4 is 0 Å². The Kier molecular flexibility index (Phi) is 3.15. The van der Waals surface area contributed by atoms with E-state index in [9.17, 15) is 0 Å². The molecule has 2 aliphatic heterocycles. The van der Waals surface area contributed by atoms with Gasteiger partial charge in [-0.05, 0) is 38.1 Å². The second-order valence-corrected chi connectivity index (χ2v) is 5.80. The maximum atomic E-state index is 6.36. The molecule has 4 heteroatoms. The first kappa shape index (κ1) is 12.8. The van der Waals surface area contributed by atoms with Gasteiger partial charge in [-0.1, -0.05) is 0 Å². The summed E-state index contributed by atoms with van der Waals surface area (Å²) in [7, 11) is 3.84. The summed E-state index contributed by atoms with van der Waals surface area (Å²) in [6.45, 7) is 2.16. The van der Waals surface area contributed by atoms with E-state index in [0.717, 1.165) is 49.4 Å². The molecule has 0 saturated carbocycles. The molecule has 1 spiro atoms. The third kappa shape index (κ3) is 2.30. The summed E-state index contributed by atoms with van der Waals surface area (Å²) in [6.07, 6.45) is 3.02. The smallest absolute Gasteiger partial charge is 0.125 e. The summed E-state index contributed by atoms with van der Waals surface area (Å²) in [6, 6.07) is 5.98. The second-order valence-electron chi connectivity index (χ2n) is 5.80. The minimum absolute atomic E-state index is 0.0438. The van der Waals surface area contributed by atoms with Gasteiger partial charge in [0.15, 0.2) is 0 Å². The maximum absolute atomic E-state index is 6.36. The Hall–Kier alpha value is -1.26. The van der Waals surface area contributed by atoms with Crippen LogP contribution in [0.4, 0.5) is 0 Å². The molecule has 0 aromatic heterocycles. The van der Waals surface area contributed by atoms with Crippen LogP contribution < -0.4 is 15.2 Å². The number of rotatable bonds is 1. The van der Waals surface area contributed by atoms with Crippen molar-refractivity contribution in [1.29, 1.82) is 0 Å². The van der Waals surface area contributed by atoms with Gasteiger partial charge < -0.3 is 20.1 Å². The molecule has 3 rings (SSSR count). The van der Waals surface area contributed by atoms with Gasteiger partial charge >= 0.3 is 0 Å². The number of piperidine rings is 1. The van der Waals surface area contributed by atoms with Gasteiger partial charge in [0.05, 0.1) is 7.11 Å². The largest absolute Gasteiger partial charge is 0.497 e. The number of likely N-dealkylation sites (tertiary alicyclic amines) is 1. The Morgan fingerprint density at radius 2 is 2.11 bits per heavy atom. The zero-order valence-electron chi connectivity index (χ0n) is 11.7. The molecule has 1 unspecified atom stereocenters. The highest BCUT2D eigenvalue weighted by atomic mass is 16.5. The van der Waals surface area contributed by atoms with E-state index in [2.05, 4.69) is 11.9 Å². The highest BCUT2D eigenvalue weighted by Gasteiger charge is 2.41. The van der Waals surface area contributed by atoms with Crippen LogP contribution >= 0.6 is 0 Å². The molecule has 1 aromatic carbocycles. The fraction of sp³-hybridized carbons (Fsp3) is 0.600. The van der Waals surface area contributed by atoms with Crippen molar-refractivity contribution in [1.82, 2.24) is 4.90 Å². The highest BCUT2D eigenvalue weighted by molar-refractivity contribution is 5.44. The first-order valence-corrected chi connectivity index (χ1v) is 6.93. The number of hydrogen-bond donors (Lipinski definition) is 1. The molecule has 19 heavy (non-hydrogen) atoms. The summed E-state index contributed by atoms with van der Waals surface area (Å²) in [4.78, 5) is 2.35. The molecule has 2 heterocycles. The van der Waals surface area contributed by atoms with Crippen LogP contribution in [0.25, 0.3) is 0 Å². The molecule has 2 aliphatic rings. The van der Waals surface area contributed by atoms with E-state index in [0.29, 0.717) is 0 Å². The molecule has 4 nitrogen and oxygen atoms in total. The van der Waals surface area contributed by atoms with Crippen LogP contribution in [0.1, 0.15) is 30.9 Å². The van der Waals surface area contributed by atoms with Crippen molar-refractivity contribution in [2.45, 2.75) is 30.9 Å². The molecular formula is C15H22N2O2. The van der Waals surface area contributed by atoms with E-state index in [-0.39, 0.29) is 11.6 Å². The normalized spacial score (nSPS) is 25.7. The molecule has 0 bridgehead atoms. The fourth-order valence-corrected chi connectivity index (χ4v) is 3.15. The monoisotopic (exact) mass is 262 g/mol. The van der Waals surface area contributed by atoms with E-state index in [1.807, 2.05) is 18.2 Å². The number of methoxy groups -OCH3 is 1. The second kappa shape index (κ2) is 4.69. The van der Waals surface area contributed by atoms with Crippen LogP contribution in [-0.4, -0.2) is 37.7 Å². The Labute approximate surface area is 114 Å². The average molecular weight is 262 g/mol. The molecule has 1 saturated heterocycles. The molecule has 0 radical (unpaired) electrons. The lowest BCUT2D eigenvalue weighted by Crippen LogP contribution is -2.50. The first-order valence-electron chi connectivity index (χ1n) is 6.93. The van der Waals surface area contributed by atoms with Gasteiger partial charge in [-0.25, -0.2) is 0 Å². The molecular weight excluding hydrogens is 240 g/mol. The summed E-state index contributed by atoms with van der Waals surface area (Å²) < 4.78 is 11.6. The van der Waals surface area contributed by atoms with Crippen molar-refractivity contribution < 1.29 is 9.47 Å². The van der Waals surface area contributed by atoms with Crippen LogP contribution in [0, 0.1) is 0 Å². The number of nitrogens with two attached hydrogens (primary N) is 1. The summed E-state index contributed by atoms with van der Waals surface area (Å²) in [5.41, 5.74) is 7.37. The van der Waals surface area contributed by atoms with E-state index in [1.54, 1.807) is 7.11 Å². The molecule has 0 aliphatic carbocycles. The van der Waals surface area contributed by atoms with Crippen molar-refractivity contribution in [2.75, 3.05) is 27.2 Å². The topological polar surface area (TPSA) is 47.7 Å². The quantitative estimate of drug-likeness (QED) is 0.840. The van der Waals surface area contributed by atoms with Crippen molar-refractivity contribution in [3.05, 3.63) is 23.8 Å². The molecule has 1 atom stereocenters. The number of benzene rings is 1. The highest BCUT2D eigenvalue weighted by Crippen LogP contribution is 2.44. The SMILES string of the molecule is COc1ccc2c(c1)C(N)CC1(CCN(C)CC1)O2. The van der Waals surface area contributed by atoms with Gasteiger partial charge in [0.25, 0.3) is 0 Å². The fourth-order valence-electron chi connectivity index (χ4n) is 3.15. The third-order valence-electron chi connectivity index (χ3n) is 4.43. The van der Waals surface area contributed by atoms with Gasteiger partial charge in [0, 0.05) is 31.1 Å². The molecule has 1 aromatic rings. The summed E-state index contributed by atoms with van der Waals surface area (Å²) in [5, 5.41) is 0. The number of fused-ring (bicyclic) bond motifs is 1. The van der Waals surface area contributed by atoms with Crippen molar-refractivity contribution in [3.8, 4) is 11.5 Å². The standard InChI is InChI=1S/C15H22N2O2/c1-17-7-5-15(6-8-17)10-13(16)12-9-11(18-2)3-4-14(12)19-15/h3-4,9,13H,5-8,10,16H2,1-2H3. The van der Waals surface area contributed by atoms with Crippen LogP contribution in [0.3, 0.4) is 0 Å². The maximum Gasteiger partial charge on any atom is 0.125 e. The number of ether oxygens (including phenoxy) is 2. The lowest BCUT2D eigenvalue weighted by Gasteiger charge is -2.45. The van der Waals surface area contributed by atoms with E-state index < -0.39 is 0 Å². The van der Waals surface area contributed by atoms with Crippen molar-refractivity contribution in [3.63, 3.8) is 0 Å². The van der Waals surface area contributed by atoms with E-state index >= 15 is 0 Å². The Bertz CT molecular complexity index is 467. The van der Waals surface area contributed by atoms with Crippen molar-refractivity contribution in [2.24, 2.45) is 5.73 Å². The van der Waals surface area contributed by atoms with Crippen LogP contribution in [0.2, 0.25) is 0 Å². The minimum Gasteiger partial charge on any atom is -0.497 e. The summed E-state index contributed by atoms with van der Waals surface area (Å²) >= 11 is 0. The zero-order valence-corrected chi connectivity index (χ0v) is 11.7. The predicted octanol–water partition coefficient (Wildman–Crippen LogP) is 1.94. The third-order valence-corrected chi connectivity index (χ3v) is 4.43. The average Bonchev–Trinajstić information content (AvgIpc) is 2.42. The van der Waals surface area contributed by atoms with Gasteiger partial charge in [-0.2, -0.15) is 0 Å². The van der Waals surface area contributed by atoms with Crippen LogP contribution in [0.15, 0.2) is 18.2 Å². The van der Waals surface area contributed by atoms with Crippen LogP contribution in [-0.2, 0) is 0 Å². The van der Waals surface area contributed by atoms with Gasteiger partial charge in [-0.15, -0.1) is 0 Å². The van der Waals surface area contributed by atoms with Gasteiger partial charge in [0.2, 0.25) is 0 Å². The predicted molar refractivity (Wildman–Crippen MR) is 74.6 cm³/mol. The van der Waals surface area contributed by atoms with Gasteiger partial charge in [-0.3, -0.25) is 0 Å². The Balaban J connectivity index is 1.88. The Morgan fingerprint density at radius 3 is 2.79 bits per heavy atom. The lowest BCUT2D eigenvalue weighted by atomic mass is 9.81. The lowest BCUT2D eigenvalue weighted by molar-refractivity contribution is -0.0164. The van der Waals surface area contributed by atoms with Crippen LogP contribution in [0.5, 0.6) is 11.5 Å². The molecule has 0 amide bonds. The van der Waals surface area contributed by atoms with E-state index in [4.69, 9.17) is 15.2 Å². The Morgan fingerprint density at radius 1 is 1.37 bits per heavy atom. The first-order chi connectivity index (χ1) is 9.12. The molecule has 2 N–H and O–H groups in total. The van der Waals surface area contributed by atoms with Gasteiger partial charge in [0.1, 0.15) is 17.1 Å². The molecule has 104 valence electrons. The minimum atomic E-state index is -0.0620. The number of nitrogens with zero attached hydrogens (tertiary/aromatic N) is 1. The molecule has 1 fully saturated rings. The van der Waals surface area contributed by atoms with E-state index in [1.165, 1.54) is 0 Å². The zero-order chi connectivity index (χ0) is 13.5. The number of hydrogen-bond acceptors (Lipinski definition) is 4. The summed E-state index contributed by atoms with van der Waals surface area (Å²) in [5.74, 6) is 1.78.